The smallest absolute Gasteiger partial charge is 0.253 e. The zero-order valence-corrected chi connectivity index (χ0v) is 15.9. The second kappa shape index (κ2) is 6.70. The SMILES string of the molecule is NC(=O)c1cc2cc3nc(cc4ccc(cc5nc(c(C(N)=O)c1[nH]2)C=C5)[nH]4)CC3. The predicted octanol–water partition coefficient (Wildman–Crippen LogP) is 2.47. The van der Waals surface area contributed by atoms with Crippen molar-refractivity contribution in [2.24, 2.45) is 11.5 Å². The predicted molar refractivity (Wildman–Crippen MR) is 114 cm³/mol. The van der Waals surface area contributed by atoms with E-state index in [0.29, 0.717) is 16.9 Å². The lowest BCUT2D eigenvalue weighted by Crippen LogP contribution is -2.16. The monoisotopic (exact) mass is 398 g/mol. The molecule has 0 fully saturated rings. The van der Waals surface area contributed by atoms with Crippen molar-refractivity contribution in [2.45, 2.75) is 12.8 Å². The van der Waals surface area contributed by atoms with Crippen LogP contribution in [0.2, 0.25) is 0 Å². The van der Waals surface area contributed by atoms with Crippen LogP contribution in [-0.2, 0) is 12.8 Å². The molecule has 6 N–H and O–H groups in total. The number of primary amides is 2. The highest BCUT2D eigenvalue weighted by Gasteiger charge is 2.18. The molecule has 8 heteroatoms. The molecule has 8 nitrogen and oxygen atoms in total. The Hall–Kier alpha value is -4.20. The van der Waals surface area contributed by atoms with Crippen molar-refractivity contribution >= 4 is 46.0 Å². The second-order valence-corrected chi connectivity index (χ2v) is 7.27. The van der Waals surface area contributed by atoms with Gasteiger partial charge in [0.1, 0.15) is 0 Å². The first-order valence-corrected chi connectivity index (χ1v) is 9.47. The fraction of sp³-hybridized carbons (Fsp3) is 0.0909. The number of rotatable bonds is 2. The molecule has 0 atom stereocenters. The Morgan fingerprint density at radius 3 is 2.20 bits per heavy atom. The highest BCUT2D eigenvalue weighted by atomic mass is 16.1. The lowest BCUT2D eigenvalue weighted by Gasteiger charge is -1.99. The number of hydrogen-bond acceptors (Lipinski definition) is 4. The number of nitrogens with zero attached hydrogens (tertiary/aromatic N) is 2. The second-order valence-electron chi connectivity index (χ2n) is 7.27. The third kappa shape index (κ3) is 3.14. The summed E-state index contributed by atoms with van der Waals surface area (Å²) in [6, 6.07) is 11.3. The first-order valence-electron chi connectivity index (χ1n) is 9.47. The third-order valence-corrected chi connectivity index (χ3v) is 5.12. The maximum atomic E-state index is 12.3. The zero-order valence-electron chi connectivity index (χ0n) is 15.9. The van der Waals surface area contributed by atoms with Gasteiger partial charge in [0.25, 0.3) is 11.8 Å². The van der Waals surface area contributed by atoms with Crippen molar-refractivity contribution in [3.63, 3.8) is 0 Å². The van der Waals surface area contributed by atoms with Gasteiger partial charge in [-0.05, 0) is 61.4 Å². The van der Waals surface area contributed by atoms with Crippen molar-refractivity contribution in [1.29, 1.82) is 0 Å². The number of H-pyrrole nitrogens is 2. The Morgan fingerprint density at radius 1 is 0.800 bits per heavy atom. The van der Waals surface area contributed by atoms with E-state index in [9.17, 15) is 9.59 Å². The Kier molecular flexibility index (Phi) is 3.99. The highest BCUT2D eigenvalue weighted by molar-refractivity contribution is 6.11. The fourth-order valence-electron chi connectivity index (χ4n) is 3.80. The van der Waals surface area contributed by atoms with E-state index in [4.69, 9.17) is 11.5 Å². The molecule has 2 aliphatic rings. The van der Waals surface area contributed by atoms with Crippen LogP contribution in [0.1, 0.15) is 43.5 Å². The number of aromatic amines is 2. The molecule has 8 bridgehead atoms. The number of hydrogen-bond donors (Lipinski definition) is 4. The Bertz CT molecular complexity index is 1410. The van der Waals surface area contributed by atoms with E-state index >= 15 is 0 Å². The molecular formula is C22H18N6O2. The van der Waals surface area contributed by atoms with Gasteiger partial charge in [-0.15, -0.1) is 0 Å². The highest BCUT2D eigenvalue weighted by Crippen LogP contribution is 2.23. The van der Waals surface area contributed by atoms with Crippen LogP contribution in [0.5, 0.6) is 0 Å². The summed E-state index contributed by atoms with van der Waals surface area (Å²) < 4.78 is 0. The average Bonchev–Trinajstić information content (AvgIpc) is 3.45. The fourth-order valence-corrected chi connectivity index (χ4v) is 3.80. The molecule has 5 rings (SSSR count). The molecule has 5 heterocycles. The van der Waals surface area contributed by atoms with Crippen LogP contribution >= 0.6 is 0 Å². The number of aromatic nitrogens is 4. The van der Waals surface area contributed by atoms with Gasteiger partial charge < -0.3 is 21.4 Å². The minimum Gasteiger partial charge on any atom is -0.366 e. The molecule has 2 amide bonds. The van der Waals surface area contributed by atoms with Gasteiger partial charge in [-0.2, -0.15) is 0 Å². The number of aryl methyl sites for hydroxylation is 2. The summed E-state index contributed by atoms with van der Waals surface area (Å²) in [5.41, 5.74) is 17.1. The van der Waals surface area contributed by atoms with Crippen molar-refractivity contribution in [1.82, 2.24) is 19.9 Å². The van der Waals surface area contributed by atoms with E-state index in [-0.39, 0.29) is 16.6 Å². The molecule has 0 spiro atoms. The van der Waals surface area contributed by atoms with E-state index in [0.717, 1.165) is 35.3 Å². The maximum absolute atomic E-state index is 12.3. The molecule has 3 aromatic rings. The minimum atomic E-state index is -0.706. The van der Waals surface area contributed by atoms with Gasteiger partial charge in [-0.1, -0.05) is 0 Å². The zero-order chi connectivity index (χ0) is 20.8. The Morgan fingerprint density at radius 2 is 1.50 bits per heavy atom. The maximum Gasteiger partial charge on any atom is 0.253 e. The number of carbonyl (C=O) groups is 2. The Labute approximate surface area is 170 Å². The standard InChI is InChI=1S/C22H18N6O2/c23-21(29)17-10-16-9-14-4-3-12(26-14)7-11-1-2-13(25-11)8-15-5-6-18(27-15)19(22(24)30)20(17)28-16/h1-2,5-10,25,28H,3-4H2,(H2,23,29)(H2,24,30). The number of fused-ring (bicyclic) bond motifs is 8. The van der Waals surface area contributed by atoms with Gasteiger partial charge in [0.2, 0.25) is 0 Å². The van der Waals surface area contributed by atoms with E-state index in [2.05, 4.69) is 19.9 Å². The van der Waals surface area contributed by atoms with Crippen LogP contribution in [0.25, 0.3) is 34.2 Å². The summed E-state index contributed by atoms with van der Waals surface area (Å²) in [7, 11) is 0. The topological polar surface area (TPSA) is 144 Å². The van der Waals surface area contributed by atoms with Crippen LogP contribution in [0.15, 0.2) is 36.4 Å². The first-order chi connectivity index (χ1) is 14.5. The van der Waals surface area contributed by atoms with E-state index in [1.54, 1.807) is 18.2 Å². The molecular weight excluding hydrogens is 380 g/mol. The quantitative estimate of drug-likeness (QED) is 0.411. The summed E-state index contributed by atoms with van der Waals surface area (Å²) in [4.78, 5) is 40.0. The summed E-state index contributed by atoms with van der Waals surface area (Å²) in [5.74, 6) is -1.37. The summed E-state index contributed by atoms with van der Waals surface area (Å²) in [6.07, 6.45) is 5.05. The van der Waals surface area contributed by atoms with Crippen molar-refractivity contribution in [3.05, 3.63) is 70.3 Å². The lowest BCUT2D eigenvalue weighted by molar-refractivity contribution is 0.0998. The molecule has 0 aromatic carbocycles. The molecule has 2 aliphatic heterocycles. The van der Waals surface area contributed by atoms with Gasteiger partial charge in [-0.25, -0.2) is 4.98 Å². The van der Waals surface area contributed by atoms with E-state index in [1.165, 1.54) is 0 Å². The Balaban J connectivity index is 1.94. The summed E-state index contributed by atoms with van der Waals surface area (Å²) in [6.45, 7) is 0. The first kappa shape index (κ1) is 17.9. The van der Waals surface area contributed by atoms with Crippen LogP contribution in [-0.4, -0.2) is 31.8 Å². The molecule has 0 radical (unpaired) electrons. The van der Waals surface area contributed by atoms with Crippen molar-refractivity contribution in [3.8, 4) is 0 Å². The minimum absolute atomic E-state index is 0.108. The number of amides is 2. The summed E-state index contributed by atoms with van der Waals surface area (Å²) >= 11 is 0. The molecule has 148 valence electrons. The number of nitrogens with two attached hydrogens (primary N) is 2. The van der Waals surface area contributed by atoms with Gasteiger partial charge in [-0.3, -0.25) is 14.6 Å². The molecule has 3 aromatic heterocycles. The van der Waals surface area contributed by atoms with Crippen LogP contribution < -0.4 is 11.5 Å². The number of carbonyl (C=O) groups excluding carboxylic acids is 2. The molecule has 0 unspecified atom stereocenters. The van der Waals surface area contributed by atoms with Crippen LogP contribution in [0.3, 0.4) is 0 Å². The van der Waals surface area contributed by atoms with Crippen LogP contribution in [0, 0.1) is 0 Å². The number of nitrogens with one attached hydrogen (secondary N) is 2. The molecule has 30 heavy (non-hydrogen) atoms. The van der Waals surface area contributed by atoms with Crippen molar-refractivity contribution < 1.29 is 9.59 Å². The molecule has 0 aliphatic carbocycles. The van der Waals surface area contributed by atoms with Gasteiger partial charge in [0, 0.05) is 27.9 Å². The molecule has 0 saturated heterocycles. The largest absolute Gasteiger partial charge is 0.366 e. The van der Waals surface area contributed by atoms with Gasteiger partial charge >= 0.3 is 0 Å². The third-order valence-electron chi connectivity index (χ3n) is 5.12. The lowest BCUT2D eigenvalue weighted by atomic mass is 10.1. The summed E-state index contributed by atoms with van der Waals surface area (Å²) in [5, 5.41) is 0. The van der Waals surface area contributed by atoms with Crippen LogP contribution in [0.4, 0.5) is 0 Å². The van der Waals surface area contributed by atoms with Gasteiger partial charge in [0.05, 0.1) is 28.0 Å². The van der Waals surface area contributed by atoms with E-state index in [1.807, 2.05) is 30.3 Å². The van der Waals surface area contributed by atoms with Crippen molar-refractivity contribution in [2.75, 3.05) is 0 Å². The molecule has 0 saturated carbocycles. The normalized spacial score (nSPS) is 12.8. The van der Waals surface area contributed by atoms with E-state index < -0.39 is 11.8 Å². The average molecular weight is 398 g/mol. The van der Waals surface area contributed by atoms with Gasteiger partial charge in [0.15, 0.2) is 0 Å².